The highest BCUT2D eigenvalue weighted by atomic mass is 79.9. The van der Waals surface area contributed by atoms with Crippen molar-refractivity contribution in [3.63, 3.8) is 0 Å². The van der Waals surface area contributed by atoms with Crippen molar-refractivity contribution in [2.45, 2.75) is 26.0 Å². The first kappa shape index (κ1) is 19.3. The number of aryl methyl sites for hydroxylation is 1. The molecule has 1 heterocycles. The van der Waals surface area contributed by atoms with Crippen LogP contribution >= 0.6 is 15.9 Å². The molecule has 3 nitrogen and oxygen atoms in total. The van der Waals surface area contributed by atoms with Crippen molar-refractivity contribution in [1.29, 1.82) is 0 Å². The van der Waals surface area contributed by atoms with Gasteiger partial charge in [-0.25, -0.2) is 4.98 Å². The number of hydrogen-bond acceptors (Lipinski definition) is 2. The SMILES string of the molecule is C=CCCc1cccc(OC(F)F)c1Cn1c(C=C)nc2ccc(Br)cc21. The molecule has 0 aliphatic heterocycles. The van der Waals surface area contributed by atoms with Crippen molar-refractivity contribution in [2.24, 2.45) is 0 Å². The zero-order chi connectivity index (χ0) is 19.4. The zero-order valence-electron chi connectivity index (χ0n) is 14.7. The first-order chi connectivity index (χ1) is 13.0. The van der Waals surface area contributed by atoms with E-state index in [0.29, 0.717) is 24.4 Å². The molecule has 2 aromatic carbocycles. The van der Waals surface area contributed by atoms with Gasteiger partial charge >= 0.3 is 6.61 Å². The number of hydrogen-bond donors (Lipinski definition) is 0. The number of benzene rings is 2. The van der Waals surface area contributed by atoms with Crippen molar-refractivity contribution in [3.8, 4) is 5.75 Å². The van der Waals surface area contributed by atoms with Gasteiger partial charge in [0.2, 0.25) is 0 Å². The van der Waals surface area contributed by atoms with Crippen LogP contribution in [0.2, 0.25) is 0 Å². The highest BCUT2D eigenvalue weighted by Gasteiger charge is 2.17. The van der Waals surface area contributed by atoms with Crippen LogP contribution in [0.3, 0.4) is 0 Å². The molecule has 0 saturated carbocycles. The van der Waals surface area contributed by atoms with E-state index >= 15 is 0 Å². The maximum absolute atomic E-state index is 12.9. The molecule has 0 bridgehead atoms. The van der Waals surface area contributed by atoms with Gasteiger partial charge in [-0.2, -0.15) is 8.78 Å². The van der Waals surface area contributed by atoms with Crippen LogP contribution < -0.4 is 4.74 Å². The molecule has 0 spiro atoms. The molecule has 6 heteroatoms. The third kappa shape index (κ3) is 4.27. The first-order valence-corrected chi connectivity index (χ1v) is 9.27. The number of fused-ring (bicyclic) bond motifs is 1. The Labute approximate surface area is 165 Å². The lowest BCUT2D eigenvalue weighted by molar-refractivity contribution is -0.0505. The number of rotatable bonds is 8. The fourth-order valence-electron chi connectivity index (χ4n) is 3.08. The van der Waals surface area contributed by atoms with Crippen LogP contribution in [0.5, 0.6) is 5.75 Å². The van der Waals surface area contributed by atoms with E-state index in [-0.39, 0.29) is 5.75 Å². The van der Waals surface area contributed by atoms with E-state index in [9.17, 15) is 8.78 Å². The van der Waals surface area contributed by atoms with Crippen LogP contribution in [0.15, 0.2) is 60.1 Å². The largest absolute Gasteiger partial charge is 0.434 e. The topological polar surface area (TPSA) is 27.1 Å². The summed E-state index contributed by atoms with van der Waals surface area (Å²) in [6.07, 6.45) is 4.91. The Bertz CT molecular complexity index is 982. The fourth-order valence-corrected chi connectivity index (χ4v) is 3.43. The van der Waals surface area contributed by atoms with Gasteiger partial charge < -0.3 is 9.30 Å². The van der Waals surface area contributed by atoms with Gasteiger partial charge in [-0.15, -0.1) is 6.58 Å². The number of imidazole rings is 1. The number of halogens is 3. The zero-order valence-corrected chi connectivity index (χ0v) is 16.3. The van der Waals surface area contributed by atoms with Gasteiger partial charge in [0.05, 0.1) is 17.6 Å². The molecule has 1 aromatic heterocycles. The number of ether oxygens (including phenoxy) is 1. The Morgan fingerprint density at radius 3 is 2.74 bits per heavy atom. The van der Waals surface area contributed by atoms with Crippen LogP contribution in [0.4, 0.5) is 8.78 Å². The summed E-state index contributed by atoms with van der Waals surface area (Å²) in [5.41, 5.74) is 3.36. The van der Waals surface area contributed by atoms with Gasteiger partial charge in [0.15, 0.2) is 0 Å². The average molecular weight is 433 g/mol. The molecule has 0 N–H and O–H groups in total. The van der Waals surface area contributed by atoms with E-state index < -0.39 is 6.61 Å². The number of allylic oxidation sites excluding steroid dienone is 1. The minimum absolute atomic E-state index is 0.179. The third-order valence-corrected chi connectivity index (χ3v) is 4.80. The van der Waals surface area contributed by atoms with E-state index in [1.807, 2.05) is 34.9 Å². The highest BCUT2D eigenvalue weighted by molar-refractivity contribution is 9.10. The molecule has 140 valence electrons. The smallest absolute Gasteiger partial charge is 0.387 e. The normalized spacial score (nSPS) is 11.1. The van der Waals surface area contributed by atoms with E-state index in [2.05, 4.69) is 34.1 Å². The molecule has 0 amide bonds. The second-order valence-electron chi connectivity index (χ2n) is 5.99. The van der Waals surface area contributed by atoms with Crippen LogP contribution in [-0.4, -0.2) is 16.2 Å². The Hall–Kier alpha value is -2.47. The molecule has 0 radical (unpaired) electrons. The second-order valence-corrected chi connectivity index (χ2v) is 6.91. The van der Waals surface area contributed by atoms with Gasteiger partial charge in [0.1, 0.15) is 11.6 Å². The lowest BCUT2D eigenvalue weighted by Crippen LogP contribution is -2.10. The summed E-state index contributed by atoms with van der Waals surface area (Å²) < 4.78 is 33.5. The summed E-state index contributed by atoms with van der Waals surface area (Å²) in [4.78, 5) is 4.57. The summed E-state index contributed by atoms with van der Waals surface area (Å²) in [7, 11) is 0. The van der Waals surface area contributed by atoms with Crippen LogP contribution in [0.1, 0.15) is 23.4 Å². The van der Waals surface area contributed by atoms with Crippen LogP contribution in [0.25, 0.3) is 17.1 Å². The van der Waals surface area contributed by atoms with Crippen molar-refractivity contribution in [3.05, 3.63) is 77.1 Å². The van der Waals surface area contributed by atoms with E-state index in [1.54, 1.807) is 18.2 Å². The minimum atomic E-state index is -2.88. The molecule has 0 aliphatic carbocycles. The summed E-state index contributed by atoms with van der Waals surface area (Å²) >= 11 is 3.48. The Kier molecular flexibility index (Phi) is 6.06. The van der Waals surface area contributed by atoms with Crippen LogP contribution in [-0.2, 0) is 13.0 Å². The fraction of sp³-hybridized carbons (Fsp3) is 0.190. The third-order valence-electron chi connectivity index (χ3n) is 4.30. The molecule has 3 aromatic rings. The molecule has 0 fully saturated rings. The molecule has 27 heavy (non-hydrogen) atoms. The highest BCUT2D eigenvalue weighted by Crippen LogP contribution is 2.29. The predicted octanol–water partition coefficient (Wildman–Crippen LogP) is 6.21. The van der Waals surface area contributed by atoms with Gasteiger partial charge in [0, 0.05) is 10.0 Å². The summed E-state index contributed by atoms with van der Waals surface area (Å²) in [6.45, 7) is 5.05. The Balaban J connectivity index is 2.13. The van der Waals surface area contributed by atoms with Gasteiger partial charge in [-0.1, -0.05) is 40.7 Å². The number of alkyl halides is 2. The molecule has 3 rings (SSSR count). The maximum atomic E-state index is 12.9. The van der Waals surface area contributed by atoms with Gasteiger partial charge in [-0.3, -0.25) is 0 Å². The quantitative estimate of drug-likeness (QED) is 0.395. The summed E-state index contributed by atoms with van der Waals surface area (Å²) in [5, 5.41) is 0. The van der Waals surface area contributed by atoms with Crippen molar-refractivity contribution >= 4 is 33.0 Å². The van der Waals surface area contributed by atoms with Crippen LogP contribution in [0, 0.1) is 0 Å². The van der Waals surface area contributed by atoms with Gasteiger partial charge in [0.25, 0.3) is 0 Å². The van der Waals surface area contributed by atoms with Crippen molar-refractivity contribution < 1.29 is 13.5 Å². The van der Waals surface area contributed by atoms with Gasteiger partial charge in [-0.05, 0) is 48.7 Å². The standard InChI is InChI=1S/C21H19BrF2N2O/c1-3-5-7-14-8-6-9-19(27-21(23)24)16(14)13-26-18-12-15(22)10-11-17(18)25-20(26)4-2/h3-4,6,8-12,21H,1-2,5,7,13H2. The molecular formula is C21H19BrF2N2O. The second kappa shape index (κ2) is 8.48. The van der Waals surface area contributed by atoms with E-state index in [0.717, 1.165) is 27.5 Å². The average Bonchev–Trinajstić information content (AvgIpc) is 2.98. The molecular weight excluding hydrogens is 414 g/mol. The lowest BCUT2D eigenvalue weighted by atomic mass is 10.0. The Morgan fingerprint density at radius 2 is 2.04 bits per heavy atom. The van der Waals surface area contributed by atoms with E-state index in [1.165, 1.54) is 0 Å². The molecule has 0 aliphatic rings. The Morgan fingerprint density at radius 1 is 1.22 bits per heavy atom. The molecule has 0 unspecified atom stereocenters. The number of nitrogens with zero attached hydrogens (tertiary/aromatic N) is 2. The molecule has 0 saturated heterocycles. The van der Waals surface area contributed by atoms with Crippen molar-refractivity contribution in [1.82, 2.24) is 9.55 Å². The maximum Gasteiger partial charge on any atom is 0.387 e. The monoisotopic (exact) mass is 432 g/mol. The molecule has 0 atom stereocenters. The number of aromatic nitrogens is 2. The first-order valence-electron chi connectivity index (χ1n) is 8.48. The predicted molar refractivity (Wildman–Crippen MR) is 108 cm³/mol. The summed E-state index contributed by atoms with van der Waals surface area (Å²) in [5.74, 6) is 0.850. The minimum Gasteiger partial charge on any atom is -0.434 e. The van der Waals surface area contributed by atoms with Crippen molar-refractivity contribution in [2.75, 3.05) is 0 Å². The van der Waals surface area contributed by atoms with E-state index in [4.69, 9.17) is 4.74 Å². The lowest BCUT2D eigenvalue weighted by Gasteiger charge is -2.17. The summed E-state index contributed by atoms with van der Waals surface area (Å²) in [6, 6.07) is 11.0.